The van der Waals surface area contributed by atoms with E-state index >= 15 is 0 Å². The lowest BCUT2D eigenvalue weighted by molar-refractivity contribution is -0.140. The standard InChI is InChI=1S/C17H23NO4/c1-21-16-8-13-4-2-3-12(13)7-14(16)10-18-5-6-22-11-15(18)9-17(19)20/h7-8,15H,2-6,9-11H2,1H3,(H,19,20)/t15-/m0/s1. The molecule has 0 radical (unpaired) electrons. The van der Waals surface area contributed by atoms with Gasteiger partial charge in [0.05, 0.1) is 26.7 Å². The smallest absolute Gasteiger partial charge is 0.305 e. The van der Waals surface area contributed by atoms with Gasteiger partial charge < -0.3 is 14.6 Å². The van der Waals surface area contributed by atoms with Crippen LogP contribution >= 0.6 is 0 Å². The van der Waals surface area contributed by atoms with Crippen LogP contribution in [0.4, 0.5) is 0 Å². The maximum Gasteiger partial charge on any atom is 0.305 e. The summed E-state index contributed by atoms with van der Waals surface area (Å²) in [5.74, 6) is 0.141. The second kappa shape index (κ2) is 6.67. The third-order valence-electron chi connectivity index (χ3n) is 4.63. The monoisotopic (exact) mass is 305 g/mol. The average molecular weight is 305 g/mol. The first kappa shape index (κ1) is 15.3. The van der Waals surface area contributed by atoms with Gasteiger partial charge in [-0.2, -0.15) is 0 Å². The lowest BCUT2D eigenvalue weighted by atomic mass is 10.0. The summed E-state index contributed by atoms with van der Waals surface area (Å²) in [6.45, 7) is 2.62. The number of hydrogen-bond donors (Lipinski definition) is 1. The zero-order chi connectivity index (χ0) is 15.5. The van der Waals surface area contributed by atoms with Gasteiger partial charge in [-0.05, 0) is 36.5 Å². The highest BCUT2D eigenvalue weighted by Gasteiger charge is 2.26. The largest absolute Gasteiger partial charge is 0.496 e. The first-order valence-corrected chi connectivity index (χ1v) is 7.89. The maximum atomic E-state index is 11.0. The van der Waals surface area contributed by atoms with Crippen molar-refractivity contribution in [2.75, 3.05) is 26.9 Å². The Labute approximate surface area is 130 Å². The Hall–Kier alpha value is -1.59. The molecule has 0 spiro atoms. The molecule has 0 aromatic heterocycles. The fourth-order valence-electron chi connectivity index (χ4n) is 3.47. The molecule has 1 saturated heterocycles. The third-order valence-corrected chi connectivity index (χ3v) is 4.63. The van der Waals surface area contributed by atoms with Crippen LogP contribution in [0.1, 0.15) is 29.5 Å². The van der Waals surface area contributed by atoms with Crippen LogP contribution in [-0.4, -0.2) is 48.9 Å². The zero-order valence-electron chi connectivity index (χ0n) is 13.0. The molecule has 0 bridgehead atoms. The van der Waals surface area contributed by atoms with Crippen molar-refractivity contribution >= 4 is 5.97 Å². The molecule has 3 rings (SSSR count). The van der Waals surface area contributed by atoms with Gasteiger partial charge in [0.15, 0.2) is 0 Å². The minimum Gasteiger partial charge on any atom is -0.496 e. The first-order chi connectivity index (χ1) is 10.7. The first-order valence-electron chi connectivity index (χ1n) is 7.89. The van der Waals surface area contributed by atoms with Crippen molar-refractivity contribution in [1.82, 2.24) is 4.90 Å². The summed E-state index contributed by atoms with van der Waals surface area (Å²) in [6.07, 6.45) is 3.59. The second-order valence-corrected chi connectivity index (χ2v) is 6.08. The third kappa shape index (κ3) is 3.25. The van der Waals surface area contributed by atoms with Gasteiger partial charge in [-0.1, -0.05) is 6.07 Å². The lowest BCUT2D eigenvalue weighted by Crippen LogP contribution is -2.45. The zero-order valence-corrected chi connectivity index (χ0v) is 13.0. The van der Waals surface area contributed by atoms with Gasteiger partial charge in [-0.25, -0.2) is 0 Å². The van der Waals surface area contributed by atoms with E-state index in [4.69, 9.17) is 14.6 Å². The lowest BCUT2D eigenvalue weighted by Gasteiger charge is -2.35. The van der Waals surface area contributed by atoms with E-state index in [0.717, 1.165) is 37.2 Å². The quantitative estimate of drug-likeness (QED) is 0.900. The van der Waals surface area contributed by atoms with E-state index in [-0.39, 0.29) is 12.5 Å². The van der Waals surface area contributed by atoms with E-state index in [1.54, 1.807) is 7.11 Å². The molecule has 1 aliphatic carbocycles. The van der Waals surface area contributed by atoms with E-state index in [2.05, 4.69) is 17.0 Å². The Kier molecular flexibility index (Phi) is 4.64. The van der Waals surface area contributed by atoms with Crippen molar-refractivity contribution in [3.8, 4) is 5.75 Å². The minimum absolute atomic E-state index is 0.0655. The summed E-state index contributed by atoms with van der Waals surface area (Å²) in [5.41, 5.74) is 3.96. The van der Waals surface area contributed by atoms with Crippen molar-refractivity contribution < 1.29 is 19.4 Å². The van der Waals surface area contributed by atoms with Gasteiger partial charge in [0.25, 0.3) is 0 Å². The number of benzene rings is 1. The van der Waals surface area contributed by atoms with Crippen molar-refractivity contribution in [1.29, 1.82) is 0 Å². The van der Waals surface area contributed by atoms with Gasteiger partial charge in [-0.15, -0.1) is 0 Å². The van der Waals surface area contributed by atoms with Crippen LogP contribution in [0, 0.1) is 0 Å². The number of carboxylic acid groups (broad SMARTS) is 1. The summed E-state index contributed by atoms with van der Waals surface area (Å²) in [7, 11) is 1.70. The van der Waals surface area contributed by atoms with E-state index in [1.165, 1.54) is 17.5 Å². The SMILES string of the molecule is COc1cc2c(cc1CN1CCOC[C@@H]1CC(=O)O)CCC2. The normalized spacial score (nSPS) is 21.6. The number of morpholine rings is 1. The molecular weight excluding hydrogens is 282 g/mol. The van der Waals surface area contributed by atoms with Crippen LogP contribution in [-0.2, 0) is 28.9 Å². The molecule has 22 heavy (non-hydrogen) atoms. The fraction of sp³-hybridized carbons (Fsp3) is 0.588. The number of ether oxygens (including phenoxy) is 2. The van der Waals surface area contributed by atoms with Crippen LogP contribution < -0.4 is 4.74 Å². The summed E-state index contributed by atoms with van der Waals surface area (Å²) in [6, 6.07) is 4.34. The van der Waals surface area contributed by atoms with Crippen LogP contribution in [0.2, 0.25) is 0 Å². The number of aryl methyl sites for hydroxylation is 2. The fourth-order valence-corrected chi connectivity index (χ4v) is 3.47. The molecule has 120 valence electrons. The van der Waals surface area contributed by atoms with Crippen molar-refractivity contribution in [2.45, 2.75) is 38.3 Å². The molecule has 1 aromatic carbocycles. The number of carboxylic acids is 1. The molecule has 1 aliphatic heterocycles. The number of aliphatic carboxylic acids is 1. The number of carbonyl (C=O) groups is 1. The molecule has 1 atom stereocenters. The molecule has 0 saturated carbocycles. The summed E-state index contributed by atoms with van der Waals surface area (Å²) in [5, 5.41) is 9.07. The van der Waals surface area contributed by atoms with E-state index in [0.29, 0.717) is 13.2 Å². The molecule has 0 amide bonds. The van der Waals surface area contributed by atoms with Crippen molar-refractivity contribution in [2.24, 2.45) is 0 Å². The second-order valence-electron chi connectivity index (χ2n) is 6.08. The number of methoxy groups -OCH3 is 1. The summed E-state index contributed by atoms with van der Waals surface area (Å²) < 4.78 is 11.0. The predicted octanol–water partition coefficient (Wildman–Crippen LogP) is 1.86. The minimum atomic E-state index is -0.776. The van der Waals surface area contributed by atoms with Gasteiger partial charge >= 0.3 is 5.97 Å². The van der Waals surface area contributed by atoms with Gasteiger partial charge in [0, 0.05) is 24.7 Å². The molecule has 1 fully saturated rings. The Morgan fingerprint density at radius 2 is 2.18 bits per heavy atom. The van der Waals surface area contributed by atoms with Gasteiger partial charge in [-0.3, -0.25) is 9.69 Å². The summed E-state index contributed by atoms with van der Waals surface area (Å²) in [4.78, 5) is 13.2. The highest BCUT2D eigenvalue weighted by molar-refractivity contribution is 5.67. The molecule has 0 unspecified atom stereocenters. The summed E-state index contributed by atoms with van der Waals surface area (Å²) >= 11 is 0. The number of hydrogen-bond acceptors (Lipinski definition) is 4. The van der Waals surface area contributed by atoms with Crippen molar-refractivity contribution in [3.05, 3.63) is 28.8 Å². The maximum absolute atomic E-state index is 11.0. The Morgan fingerprint density at radius 1 is 1.41 bits per heavy atom. The highest BCUT2D eigenvalue weighted by Crippen LogP contribution is 2.31. The molecule has 5 nitrogen and oxygen atoms in total. The van der Waals surface area contributed by atoms with Crippen LogP contribution in [0.25, 0.3) is 0 Å². The molecule has 5 heteroatoms. The average Bonchev–Trinajstić information content (AvgIpc) is 2.95. The van der Waals surface area contributed by atoms with E-state index < -0.39 is 5.97 Å². The number of nitrogens with zero attached hydrogens (tertiary/aromatic N) is 1. The van der Waals surface area contributed by atoms with E-state index in [1.807, 2.05) is 0 Å². The van der Waals surface area contributed by atoms with E-state index in [9.17, 15) is 4.79 Å². The highest BCUT2D eigenvalue weighted by atomic mass is 16.5. The Balaban J connectivity index is 1.80. The molecule has 1 aromatic rings. The number of fused-ring (bicyclic) bond motifs is 1. The van der Waals surface area contributed by atoms with Crippen LogP contribution in [0.5, 0.6) is 5.75 Å². The molecule has 2 aliphatic rings. The Bertz CT molecular complexity index is 558. The Morgan fingerprint density at radius 3 is 2.91 bits per heavy atom. The molecular formula is C17H23NO4. The van der Waals surface area contributed by atoms with Crippen LogP contribution in [0.15, 0.2) is 12.1 Å². The van der Waals surface area contributed by atoms with Crippen molar-refractivity contribution in [3.63, 3.8) is 0 Å². The topological polar surface area (TPSA) is 59.0 Å². The predicted molar refractivity (Wildman–Crippen MR) is 82.3 cm³/mol. The number of rotatable bonds is 5. The van der Waals surface area contributed by atoms with Crippen LogP contribution in [0.3, 0.4) is 0 Å². The van der Waals surface area contributed by atoms with Gasteiger partial charge in [0.2, 0.25) is 0 Å². The van der Waals surface area contributed by atoms with Gasteiger partial charge in [0.1, 0.15) is 5.75 Å². The molecule has 1 heterocycles. The molecule has 1 N–H and O–H groups in total.